The largest absolute Gasteiger partial charge is 0.463 e. The van der Waals surface area contributed by atoms with Crippen molar-refractivity contribution in [3.05, 3.63) is 0 Å². The Hall–Kier alpha value is 0.104. The van der Waals surface area contributed by atoms with Crippen molar-refractivity contribution in [3.8, 4) is 0 Å². The third-order valence-corrected chi connectivity index (χ3v) is 2.00. The molecule has 16 heavy (non-hydrogen) atoms. The van der Waals surface area contributed by atoms with Gasteiger partial charge < -0.3 is 14.9 Å². The van der Waals surface area contributed by atoms with E-state index in [1.54, 1.807) is 13.8 Å². The van der Waals surface area contributed by atoms with E-state index in [-0.39, 0.29) is 27.8 Å². The van der Waals surface area contributed by atoms with Crippen molar-refractivity contribution in [1.82, 2.24) is 0 Å². The molecular weight excluding hydrogens is 244 g/mol. The summed E-state index contributed by atoms with van der Waals surface area (Å²) in [6.07, 6.45) is -0.260. The Labute approximate surface area is 112 Å². The summed E-state index contributed by atoms with van der Waals surface area (Å²) >= 11 is 0. The predicted octanol–water partition coefficient (Wildman–Crippen LogP) is 1.09. The summed E-state index contributed by atoms with van der Waals surface area (Å²) in [5, 5.41) is 19.7. The molecule has 0 aliphatic rings. The van der Waals surface area contributed by atoms with Crippen molar-refractivity contribution >= 4 is 5.97 Å². The van der Waals surface area contributed by atoms with E-state index in [4.69, 9.17) is 4.74 Å². The van der Waals surface area contributed by atoms with Gasteiger partial charge in [-0.15, -0.1) is 0 Å². The Morgan fingerprint density at radius 3 is 1.56 bits per heavy atom. The number of carbonyl (C=O) groups excluding carboxylic acids is 1. The summed E-state index contributed by atoms with van der Waals surface area (Å²) in [5.74, 6) is -1.54. The third-order valence-electron chi connectivity index (χ3n) is 2.00. The second kappa shape index (κ2) is 6.15. The van der Waals surface area contributed by atoms with Crippen LogP contribution in [0.3, 0.4) is 0 Å². The Morgan fingerprint density at radius 1 is 1.06 bits per heavy atom. The Bertz CT molecular complexity index is 211. The first-order valence-electron chi connectivity index (χ1n) is 5.11. The van der Waals surface area contributed by atoms with Crippen molar-refractivity contribution in [2.45, 2.75) is 58.8 Å². The number of aliphatic hydroxyl groups is 2. The Morgan fingerprint density at radius 2 is 1.38 bits per heavy atom. The van der Waals surface area contributed by atoms with Crippen LogP contribution in [0, 0.1) is 5.92 Å². The maximum absolute atomic E-state index is 11.7. The first-order valence-corrected chi connectivity index (χ1v) is 5.11. The van der Waals surface area contributed by atoms with Gasteiger partial charge in [-0.3, -0.25) is 4.79 Å². The van der Waals surface area contributed by atoms with Crippen molar-refractivity contribution in [2.75, 3.05) is 0 Å². The van der Waals surface area contributed by atoms with E-state index in [0.717, 1.165) is 0 Å². The van der Waals surface area contributed by atoms with Gasteiger partial charge in [-0.05, 0) is 41.5 Å². The van der Waals surface area contributed by atoms with Crippen LogP contribution in [-0.2, 0) is 31.2 Å². The Balaban J connectivity index is 0. The fourth-order valence-electron chi connectivity index (χ4n) is 1.74. The van der Waals surface area contributed by atoms with Gasteiger partial charge in [0.2, 0.25) is 0 Å². The van der Waals surface area contributed by atoms with Gasteiger partial charge in [0.1, 0.15) is 5.92 Å². The first-order chi connectivity index (χ1) is 6.46. The number of esters is 1. The monoisotopic (exact) mass is 266 g/mol. The molecule has 0 heterocycles. The van der Waals surface area contributed by atoms with E-state index < -0.39 is 23.1 Å². The topological polar surface area (TPSA) is 66.8 Å². The zero-order valence-corrected chi connectivity index (χ0v) is 12.4. The maximum Gasteiger partial charge on any atom is 0.315 e. The number of rotatable bonds is 4. The zero-order chi connectivity index (χ0) is 12.4. The molecule has 0 saturated carbocycles. The molecule has 0 aliphatic carbocycles. The van der Waals surface area contributed by atoms with E-state index in [2.05, 4.69) is 0 Å². The average Bonchev–Trinajstić information content (AvgIpc) is 1.74. The number of ether oxygens (including phenoxy) is 1. The molecule has 0 aromatic rings. The third kappa shape index (κ3) is 5.99. The standard InChI is InChI=1S/C11H22O4.Ti/c1-7(2)15-9(12)8(10(3,4)13)11(5,6)14;/h7-8,13-14H,1-6H3;. The minimum absolute atomic E-state index is 0. The molecule has 0 atom stereocenters. The molecule has 0 aromatic carbocycles. The molecule has 0 bridgehead atoms. The quantitative estimate of drug-likeness (QED) is 0.590. The van der Waals surface area contributed by atoms with Crippen LogP contribution in [0.5, 0.6) is 0 Å². The first kappa shape index (κ1) is 18.5. The molecule has 5 heteroatoms. The maximum atomic E-state index is 11.7. The van der Waals surface area contributed by atoms with Crippen LogP contribution in [0.1, 0.15) is 41.5 Å². The molecule has 0 saturated heterocycles. The van der Waals surface area contributed by atoms with Crippen LogP contribution in [0.4, 0.5) is 0 Å². The summed E-state index contributed by atoms with van der Waals surface area (Å²) in [6, 6.07) is 0. The van der Waals surface area contributed by atoms with Crippen LogP contribution < -0.4 is 0 Å². The van der Waals surface area contributed by atoms with Crippen molar-refractivity contribution in [1.29, 1.82) is 0 Å². The van der Waals surface area contributed by atoms with Gasteiger partial charge in [-0.25, -0.2) is 0 Å². The van der Waals surface area contributed by atoms with Crippen LogP contribution >= 0.6 is 0 Å². The van der Waals surface area contributed by atoms with E-state index in [0.29, 0.717) is 0 Å². The molecule has 0 fully saturated rings. The molecule has 4 nitrogen and oxygen atoms in total. The second-order valence-corrected chi connectivity index (χ2v) is 5.23. The van der Waals surface area contributed by atoms with Crippen LogP contribution in [0.2, 0.25) is 0 Å². The average molecular weight is 266 g/mol. The van der Waals surface area contributed by atoms with Gasteiger partial charge in [-0.2, -0.15) is 0 Å². The normalized spacial score (nSPS) is 12.6. The fraction of sp³-hybridized carbons (Fsp3) is 0.909. The summed E-state index contributed by atoms with van der Waals surface area (Å²) < 4.78 is 5.01. The van der Waals surface area contributed by atoms with Gasteiger partial charge in [-0.1, -0.05) is 0 Å². The minimum Gasteiger partial charge on any atom is -0.463 e. The predicted molar refractivity (Wildman–Crippen MR) is 57.3 cm³/mol. The number of hydrogen-bond acceptors (Lipinski definition) is 4. The summed E-state index contributed by atoms with van der Waals surface area (Å²) in [7, 11) is 0. The molecule has 0 rings (SSSR count). The molecule has 94 valence electrons. The minimum atomic E-state index is -1.32. The van der Waals surface area contributed by atoms with Gasteiger partial charge in [0.15, 0.2) is 0 Å². The molecule has 0 amide bonds. The molecule has 2 N–H and O–H groups in total. The van der Waals surface area contributed by atoms with Gasteiger partial charge in [0, 0.05) is 21.7 Å². The van der Waals surface area contributed by atoms with Crippen LogP contribution in [0.25, 0.3) is 0 Å². The van der Waals surface area contributed by atoms with Crippen LogP contribution in [0.15, 0.2) is 0 Å². The molecule has 0 spiro atoms. The summed E-state index contributed by atoms with van der Waals surface area (Å²) in [6.45, 7) is 9.39. The number of carbonyl (C=O) groups is 1. The van der Waals surface area contributed by atoms with Crippen molar-refractivity contribution in [3.63, 3.8) is 0 Å². The van der Waals surface area contributed by atoms with Gasteiger partial charge in [0.25, 0.3) is 0 Å². The summed E-state index contributed by atoms with van der Waals surface area (Å²) in [4.78, 5) is 11.7. The molecule has 0 aliphatic heterocycles. The van der Waals surface area contributed by atoms with E-state index in [1.807, 2.05) is 0 Å². The molecular formula is C11H22O4Ti. The van der Waals surface area contributed by atoms with E-state index >= 15 is 0 Å². The van der Waals surface area contributed by atoms with Crippen molar-refractivity contribution < 1.29 is 41.5 Å². The molecule has 0 radical (unpaired) electrons. The fourth-order valence-corrected chi connectivity index (χ4v) is 1.74. The van der Waals surface area contributed by atoms with E-state index in [1.165, 1.54) is 27.7 Å². The van der Waals surface area contributed by atoms with Gasteiger partial charge >= 0.3 is 5.97 Å². The zero-order valence-electron chi connectivity index (χ0n) is 10.9. The summed E-state index contributed by atoms with van der Waals surface area (Å²) in [5.41, 5.74) is -2.63. The number of hydrogen-bond donors (Lipinski definition) is 2. The SMILES string of the molecule is CC(C)OC(=O)C(C(C)(C)O)C(C)(C)O.[Ti]. The molecule has 0 aromatic heterocycles. The van der Waals surface area contributed by atoms with Gasteiger partial charge in [0.05, 0.1) is 17.3 Å². The second-order valence-electron chi connectivity index (χ2n) is 5.23. The van der Waals surface area contributed by atoms with E-state index in [9.17, 15) is 15.0 Å². The Kier molecular flexibility index (Phi) is 7.10. The smallest absolute Gasteiger partial charge is 0.315 e. The van der Waals surface area contributed by atoms with Crippen LogP contribution in [-0.4, -0.2) is 33.5 Å². The van der Waals surface area contributed by atoms with Crippen molar-refractivity contribution in [2.24, 2.45) is 5.92 Å². The molecule has 0 unspecified atom stereocenters.